The molecule has 5 fully saturated rings. The fraction of sp³-hybridized carbons (Fsp3) is 0.500. The molecule has 0 spiro atoms. The average molecular weight is 1110 g/mol. The van der Waals surface area contributed by atoms with Crippen LogP contribution in [0.3, 0.4) is 0 Å². The van der Waals surface area contributed by atoms with E-state index >= 15 is 0 Å². The van der Waals surface area contributed by atoms with Gasteiger partial charge in [0, 0.05) is 106 Å². The largest absolute Gasteiger partial charge is 0.507 e. The number of piperidine rings is 1. The lowest BCUT2D eigenvalue weighted by Gasteiger charge is -2.43. The van der Waals surface area contributed by atoms with Crippen LogP contribution in [0.2, 0.25) is 0 Å². The van der Waals surface area contributed by atoms with Gasteiger partial charge in [-0.1, -0.05) is 32.0 Å². The van der Waals surface area contributed by atoms with Gasteiger partial charge in [-0.3, -0.25) is 19.5 Å². The van der Waals surface area contributed by atoms with Gasteiger partial charge in [-0.25, -0.2) is 18.7 Å². The number of aliphatic hydroxyl groups is 1. The van der Waals surface area contributed by atoms with Crippen molar-refractivity contribution in [3.8, 4) is 39.3 Å². The van der Waals surface area contributed by atoms with E-state index in [-0.39, 0.29) is 72.2 Å². The number of hydrogen-bond acceptors (Lipinski definition) is 19. The maximum Gasteiger partial charge on any atom is 0.262 e. The number of aromatic hydroxyl groups is 1. The molecule has 5 aliphatic rings. The summed E-state index contributed by atoms with van der Waals surface area (Å²) in [6.07, 6.45) is 4.82. The Morgan fingerprint density at radius 1 is 0.899 bits per heavy atom. The molecule has 2 amide bonds. The lowest BCUT2D eigenvalue weighted by Crippen LogP contribution is -2.54. The number of pyridine rings is 2. The van der Waals surface area contributed by atoms with E-state index in [4.69, 9.17) is 24.5 Å². The molecule has 1 aromatic carbocycles. The smallest absolute Gasteiger partial charge is 0.262 e. The van der Waals surface area contributed by atoms with Crippen LogP contribution in [0.5, 0.6) is 17.5 Å². The van der Waals surface area contributed by atoms with Crippen LogP contribution in [0.4, 0.5) is 26.0 Å². The number of nitrogens with one attached hydrogen (secondary N) is 1. The number of likely N-dealkylation sites (tertiary alicyclic amines) is 2. The van der Waals surface area contributed by atoms with Gasteiger partial charge < -0.3 is 54.7 Å². The number of benzene rings is 1. The van der Waals surface area contributed by atoms with Gasteiger partial charge in [0.05, 0.1) is 51.5 Å². The van der Waals surface area contributed by atoms with E-state index in [2.05, 4.69) is 62.5 Å². The van der Waals surface area contributed by atoms with Crippen LogP contribution >= 0.6 is 11.3 Å². The summed E-state index contributed by atoms with van der Waals surface area (Å²) in [5, 5.41) is 36.2. The van der Waals surface area contributed by atoms with Gasteiger partial charge in [-0.2, -0.15) is 0 Å². The van der Waals surface area contributed by atoms with E-state index in [0.717, 1.165) is 86.6 Å². The highest BCUT2D eigenvalue weighted by molar-refractivity contribution is 7.13. The van der Waals surface area contributed by atoms with Crippen molar-refractivity contribution in [2.45, 2.75) is 127 Å². The molecule has 0 radical (unpaired) electrons. The number of phenols is 1. The Morgan fingerprint density at radius 2 is 1.68 bits per heavy atom. The summed E-state index contributed by atoms with van der Waals surface area (Å²) in [5.41, 5.74) is 12.6. The van der Waals surface area contributed by atoms with Crippen LogP contribution in [-0.4, -0.2) is 157 Å². The normalized spacial score (nSPS) is 23.3. The van der Waals surface area contributed by atoms with Gasteiger partial charge in [-0.05, 0) is 79.6 Å². The topological polar surface area (TPSA) is 244 Å². The molecule has 5 N–H and O–H groups in total. The molecule has 418 valence electrons. The molecule has 6 aromatic rings. The zero-order valence-electron chi connectivity index (χ0n) is 44.3. The third-order valence-corrected chi connectivity index (χ3v) is 17.0. The van der Waals surface area contributed by atoms with Crippen LogP contribution in [0.15, 0.2) is 83.1 Å². The number of aryl methyl sites for hydroxylation is 1. The third kappa shape index (κ3) is 11.8. The number of nitrogen functional groups attached to an aromatic ring is 1. The maximum atomic E-state index is 14.5. The highest BCUT2D eigenvalue weighted by atomic mass is 32.1. The Labute approximate surface area is 460 Å². The predicted molar refractivity (Wildman–Crippen MR) is 290 cm³/mol. The third-order valence-electron chi connectivity index (χ3n) is 16.0. The van der Waals surface area contributed by atoms with Crippen molar-refractivity contribution in [1.29, 1.82) is 0 Å². The molecule has 1 aliphatic carbocycles. The Bertz CT molecular complexity index is 3070. The number of aromatic nitrogens is 6. The summed E-state index contributed by atoms with van der Waals surface area (Å²) in [6.45, 7) is 9.57. The van der Waals surface area contributed by atoms with Crippen LogP contribution < -0.4 is 30.3 Å². The van der Waals surface area contributed by atoms with Gasteiger partial charge in [0.1, 0.15) is 36.5 Å². The zero-order chi connectivity index (χ0) is 54.9. The van der Waals surface area contributed by atoms with Crippen molar-refractivity contribution >= 4 is 40.3 Å². The number of nitrogens with two attached hydrogens (primary N) is 1. The number of carbonyl (C=O) groups excluding carboxylic acids is 2. The molecule has 4 aliphatic heterocycles. The van der Waals surface area contributed by atoms with Crippen LogP contribution in [0, 0.1) is 12.8 Å². The summed E-state index contributed by atoms with van der Waals surface area (Å²) >= 11 is 1.39. The average Bonchev–Trinajstić information content (AvgIpc) is 4.24. The predicted octanol–water partition coefficient (Wildman–Crippen LogP) is 6.79. The molecule has 6 atom stereocenters. The van der Waals surface area contributed by atoms with E-state index in [1.54, 1.807) is 29.8 Å². The molecule has 1 unspecified atom stereocenters. The van der Waals surface area contributed by atoms with Gasteiger partial charge in [0.15, 0.2) is 11.6 Å². The number of nitrogens with zero attached hydrogens (tertiary/aromatic N) is 10. The Balaban J connectivity index is 0.608. The van der Waals surface area contributed by atoms with Crippen molar-refractivity contribution < 1.29 is 47.3 Å². The molecule has 20 nitrogen and oxygen atoms in total. The van der Waals surface area contributed by atoms with E-state index in [1.807, 2.05) is 45.2 Å². The summed E-state index contributed by atoms with van der Waals surface area (Å²) < 4.78 is 53.6. The molecule has 79 heavy (non-hydrogen) atoms. The standard InChI is InChI=1S/C56H66F2N12O8S/c1-31(2)50(56(74)69-29-37(71)21-45(69)55(73)63-51(53(57)58)33-8-11-42(61-26-33)52-32(3)62-30-79-52)47-25-49(66-78-47)75-19-18-67-16-13-38(14-17-67)76-39-22-40(23-39)77-48-20-34(12-15-60-48)70-35-9-10-36(70)28-68(27-35)44-24-43(64-65-54(44)59)41-6-4-5-7-46(41)72/h4-8,11-12,15,20,24-26,30-31,35-40,45,50-51,53,71-72H,9-10,13-14,16-19,21-23,27-29H2,1-3H3,(H2,59,65)(H,63,73)/t35-,36?,37-,39?,40?,45+,50-,51+/m1/s1. The molecule has 2 bridgehead atoms. The molecule has 9 heterocycles. The number of β-amino-alcohol motifs (C(OH)–C–C–N with tert-alkyl or cyclic N) is 1. The number of fused-ring (bicyclic) bond motifs is 2. The summed E-state index contributed by atoms with van der Waals surface area (Å²) in [4.78, 5) is 50.2. The second-order valence-electron chi connectivity index (χ2n) is 21.7. The number of para-hydroxylation sites is 1. The Morgan fingerprint density at radius 3 is 2.39 bits per heavy atom. The number of phenolic OH excluding ortho intramolecular Hbond substituents is 1. The maximum absolute atomic E-state index is 14.5. The highest BCUT2D eigenvalue weighted by Gasteiger charge is 2.45. The molecule has 4 saturated heterocycles. The molecule has 1 saturated carbocycles. The Hall–Kier alpha value is -7.08. The Kier molecular flexibility index (Phi) is 15.9. The van der Waals surface area contributed by atoms with Crippen molar-refractivity contribution in [3.63, 3.8) is 0 Å². The number of aliphatic hydroxyl groups excluding tert-OH is 1. The summed E-state index contributed by atoms with van der Waals surface area (Å²) in [7, 11) is 0. The zero-order valence-corrected chi connectivity index (χ0v) is 45.1. The lowest BCUT2D eigenvalue weighted by atomic mass is 9.91. The number of thiazole rings is 1. The first-order valence-corrected chi connectivity index (χ1v) is 28.1. The first-order chi connectivity index (χ1) is 38.2. The number of carbonyl (C=O) groups is 2. The summed E-state index contributed by atoms with van der Waals surface area (Å²) in [6, 6.07) is 15.5. The van der Waals surface area contributed by atoms with Crippen LogP contribution in [0.1, 0.15) is 87.8 Å². The van der Waals surface area contributed by atoms with E-state index < -0.39 is 42.3 Å². The van der Waals surface area contributed by atoms with Crippen molar-refractivity contribution in [1.82, 2.24) is 45.4 Å². The minimum atomic E-state index is -2.97. The van der Waals surface area contributed by atoms with Gasteiger partial charge >= 0.3 is 0 Å². The molecule has 11 rings (SSSR count). The minimum absolute atomic E-state index is 0.0302. The second-order valence-corrected chi connectivity index (χ2v) is 22.5. The SMILES string of the molecule is Cc1ncsc1-c1ccc([C@H](NC(=O)[C@@H]2C[C@@H](O)CN2C(=O)[C@@H](c2cc(OCCN3CCC(OC4CC(Oc5cc(N6C7CC[C@@H]6CN(c6cc(-c8ccccc8O)nnc6N)C7)ccn5)C4)CC3)no2)C(C)C)C(F)F)cn1. The van der Waals surface area contributed by atoms with Gasteiger partial charge in [0.25, 0.3) is 12.3 Å². The molecule has 5 aromatic heterocycles. The first-order valence-electron chi connectivity index (χ1n) is 27.2. The number of amides is 2. The van der Waals surface area contributed by atoms with E-state index in [1.165, 1.54) is 28.5 Å². The summed E-state index contributed by atoms with van der Waals surface area (Å²) in [5.74, 6) is -0.906. The second kappa shape index (κ2) is 23.3. The fourth-order valence-corrected chi connectivity index (χ4v) is 12.6. The van der Waals surface area contributed by atoms with Crippen LogP contribution in [0.25, 0.3) is 21.8 Å². The molecular weight excluding hydrogens is 1040 g/mol. The first kappa shape index (κ1) is 53.9. The van der Waals surface area contributed by atoms with Crippen molar-refractivity contribution in [2.75, 3.05) is 61.4 Å². The minimum Gasteiger partial charge on any atom is -0.507 e. The van der Waals surface area contributed by atoms with Gasteiger partial charge in [0.2, 0.25) is 17.7 Å². The molecular formula is C56H66F2N12O8S. The fourth-order valence-electron chi connectivity index (χ4n) is 11.8. The van der Waals surface area contributed by atoms with Crippen molar-refractivity contribution in [3.05, 3.63) is 95.6 Å². The number of anilines is 3. The van der Waals surface area contributed by atoms with Crippen LogP contribution in [-0.2, 0) is 14.3 Å². The van der Waals surface area contributed by atoms with E-state index in [0.29, 0.717) is 41.8 Å². The number of hydrogen-bond donors (Lipinski definition) is 4. The quantitative estimate of drug-likeness (QED) is 0.0652. The number of alkyl halides is 2. The lowest BCUT2D eigenvalue weighted by molar-refractivity contribution is -0.141. The number of halogens is 2. The number of ether oxygens (including phenoxy) is 3. The highest BCUT2D eigenvalue weighted by Crippen LogP contribution is 2.41. The molecule has 23 heteroatoms. The van der Waals surface area contributed by atoms with E-state index in [9.17, 15) is 28.6 Å². The monoisotopic (exact) mass is 1100 g/mol. The number of piperazine rings is 1. The number of rotatable bonds is 19. The van der Waals surface area contributed by atoms with Gasteiger partial charge in [-0.15, -0.1) is 21.5 Å². The van der Waals surface area contributed by atoms with Crippen molar-refractivity contribution in [2.24, 2.45) is 5.92 Å².